The lowest BCUT2D eigenvalue weighted by Gasteiger charge is -2.51. The van der Waals surface area contributed by atoms with Gasteiger partial charge in [-0.05, 0) is 23.3 Å². The molecule has 0 aliphatic carbocycles. The summed E-state index contributed by atoms with van der Waals surface area (Å²) < 4.78 is 53.0. The predicted octanol–water partition coefficient (Wildman–Crippen LogP) is 2.74. The number of thioether (sulfide) groups is 1. The number of nitrogens with zero attached hydrogens (tertiary/aromatic N) is 3. The molecule has 6 rings (SSSR count). The number of carbonyl (C=O) groups is 1. The number of hydrogen-bond donors (Lipinski definition) is 2. The van der Waals surface area contributed by atoms with Gasteiger partial charge in [-0.25, -0.2) is 13.3 Å². The van der Waals surface area contributed by atoms with Crippen LogP contribution >= 0.6 is 19.6 Å². The number of ether oxygens (including phenoxy) is 1. The summed E-state index contributed by atoms with van der Waals surface area (Å²) in [6.07, 6.45) is 0.546. The van der Waals surface area contributed by atoms with Crippen LogP contribution in [0.3, 0.4) is 0 Å². The molecule has 0 spiro atoms. The zero-order valence-corrected chi connectivity index (χ0v) is 21.2. The molecule has 1 fully saturated rings. The van der Waals surface area contributed by atoms with E-state index in [9.17, 15) is 28.3 Å². The van der Waals surface area contributed by atoms with Gasteiger partial charge in [0.1, 0.15) is 6.17 Å². The van der Waals surface area contributed by atoms with Crippen LogP contribution in [0.2, 0.25) is 0 Å². The van der Waals surface area contributed by atoms with Gasteiger partial charge >= 0.3 is 7.82 Å². The minimum atomic E-state index is -5.22. The molecule has 1 amide bonds. The smallest absolute Gasteiger partial charge is 0.397 e. The number of carbonyl (C=O) groups excluding carboxylic acids is 1. The molecule has 0 unspecified atom stereocenters. The molecule has 1 aromatic heterocycles. The molecular formula is C24H20F2N3O7PS. The highest BCUT2D eigenvalue weighted by Crippen LogP contribution is 2.46. The van der Waals surface area contributed by atoms with Crippen molar-refractivity contribution in [2.75, 3.05) is 24.8 Å². The minimum Gasteiger partial charge on any atom is -0.397 e. The Bertz CT molecular complexity index is 1580. The molecule has 38 heavy (non-hydrogen) atoms. The van der Waals surface area contributed by atoms with E-state index < -0.39 is 54.4 Å². The topological polar surface area (TPSA) is 122 Å². The van der Waals surface area contributed by atoms with Crippen LogP contribution < -0.4 is 15.0 Å². The van der Waals surface area contributed by atoms with E-state index >= 15 is 4.39 Å². The van der Waals surface area contributed by atoms with E-state index in [4.69, 9.17) is 9.26 Å². The third-order valence-corrected chi connectivity index (χ3v) is 8.28. The average Bonchev–Trinajstić information content (AvgIpc) is 3.05. The number of phosphoric acid groups is 1. The Hall–Kier alpha value is -3.22. The van der Waals surface area contributed by atoms with Gasteiger partial charge in [0, 0.05) is 35.0 Å². The van der Waals surface area contributed by atoms with Crippen molar-refractivity contribution >= 4 is 25.5 Å². The van der Waals surface area contributed by atoms with E-state index in [1.807, 2.05) is 18.2 Å². The summed E-state index contributed by atoms with van der Waals surface area (Å²) in [5.74, 6) is -3.32. The summed E-state index contributed by atoms with van der Waals surface area (Å²) >= 11 is 1.34. The summed E-state index contributed by atoms with van der Waals surface area (Å²) in [5.41, 5.74) is 0.0145. The Kier molecular flexibility index (Phi) is 6.08. The van der Waals surface area contributed by atoms with Crippen LogP contribution in [0.5, 0.6) is 5.75 Å². The molecule has 3 aliphatic heterocycles. The molecule has 10 nitrogen and oxygen atoms in total. The highest BCUT2D eigenvalue weighted by molar-refractivity contribution is 7.98. The molecule has 2 N–H and O–H groups in total. The molecule has 2 atom stereocenters. The quantitative estimate of drug-likeness (QED) is 0.464. The van der Waals surface area contributed by atoms with Gasteiger partial charge in [-0.15, -0.1) is 11.8 Å². The molecule has 0 bridgehead atoms. The first-order valence-corrected chi connectivity index (χ1v) is 14.0. The number of pyridine rings is 1. The van der Waals surface area contributed by atoms with Gasteiger partial charge in [-0.3, -0.25) is 29.1 Å². The SMILES string of the molecule is O=C1c2c(OP(=O)(O)O)c(=O)ccn2N([C@@H]2c3ccccc3SCc3c2ccc(F)c3F)[C@@H]2COCCN12. The van der Waals surface area contributed by atoms with Crippen molar-refractivity contribution in [1.82, 2.24) is 9.58 Å². The molecule has 0 saturated carbocycles. The molecular weight excluding hydrogens is 543 g/mol. The summed E-state index contributed by atoms with van der Waals surface area (Å²) in [5, 5.41) is 1.68. The summed E-state index contributed by atoms with van der Waals surface area (Å²) in [4.78, 5) is 47.5. The number of rotatable bonds is 3. The van der Waals surface area contributed by atoms with Crippen molar-refractivity contribution in [3.05, 3.63) is 92.9 Å². The maximum Gasteiger partial charge on any atom is 0.525 e. The number of fused-ring (bicyclic) bond motifs is 4. The molecule has 2 aromatic carbocycles. The van der Waals surface area contributed by atoms with E-state index in [2.05, 4.69) is 0 Å². The van der Waals surface area contributed by atoms with Crippen LogP contribution in [0.15, 0.2) is 58.4 Å². The number of hydrogen-bond acceptors (Lipinski definition) is 7. The van der Waals surface area contributed by atoms with Gasteiger partial charge in [0.15, 0.2) is 17.3 Å². The summed E-state index contributed by atoms with van der Waals surface area (Å²) in [7, 11) is -5.22. The van der Waals surface area contributed by atoms with Gasteiger partial charge in [-0.1, -0.05) is 24.3 Å². The van der Waals surface area contributed by atoms with Gasteiger partial charge in [-0.2, -0.15) is 0 Å². The number of phosphoric ester groups is 1. The fraction of sp³-hybridized carbons (Fsp3) is 0.250. The van der Waals surface area contributed by atoms with Crippen LogP contribution in [0.1, 0.15) is 33.2 Å². The van der Waals surface area contributed by atoms with Crippen LogP contribution in [0.25, 0.3) is 0 Å². The van der Waals surface area contributed by atoms with Gasteiger partial charge in [0.25, 0.3) is 5.91 Å². The first-order valence-electron chi connectivity index (χ1n) is 11.5. The van der Waals surface area contributed by atoms with Crippen molar-refractivity contribution < 1.29 is 37.2 Å². The zero-order valence-electron chi connectivity index (χ0n) is 19.5. The van der Waals surface area contributed by atoms with Crippen molar-refractivity contribution in [3.63, 3.8) is 0 Å². The Labute approximate surface area is 218 Å². The lowest BCUT2D eigenvalue weighted by atomic mass is 9.93. The number of aromatic nitrogens is 1. The van der Waals surface area contributed by atoms with Crippen molar-refractivity contribution in [1.29, 1.82) is 0 Å². The maximum absolute atomic E-state index is 15.2. The monoisotopic (exact) mass is 563 g/mol. The fourth-order valence-electron chi connectivity index (χ4n) is 5.18. The molecule has 0 radical (unpaired) electrons. The number of benzene rings is 2. The van der Waals surface area contributed by atoms with Crippen LogP contribution in [0, 0.1) is 11.6 Å². The molecule has 3 aromatic rings. The third kappa shape index (κ3) is 4.02. The second-order valence-corrected chi connectivity index (χ2v) is 11.1. The number of halogens is 2. The molecule has 3 aliphatic rings. The van der Waals surface area contributed by atoms with Crippen LogP contribution in [-0.2, 0) is 15.1 Å². The molecule has 4 heterocycles. The third-order valence-electron chi connectivity index (χ3n) is 6.74. The standard InChI is InChI=1S/C24H20F2N3O7PS/c25-16-6-5-13-15(20(16)26)12-38-18-4-2-1-3-14(18)21(13)29-19-11-35-10-9-27(19)24(31)22-23(36-37(32,33)34)17(30)7-8-28(22)29/h1-8,19,21H,9-12H2,(H2,32,33,34)/t19-,21+/m1/s1. The van der Waals surface area contributed by atoms with E-state index in [1.54, 1.807) is 11.1 Å². The minimum absolute atomic E-state index is 0.0524. The Morgan fingerprint density at radius 1 is 1.08 bits per heavy atom. The van der Waals surface area contributed by atoms with E-state index in [0.29, 0.717) is 5.56 Å². The van der Waals surface area contributed by atoms with Crippen LogP contribution in [-0.4, -0.2) is 51.2 Å². The maximum atomic E-state index is 15.2. The van der Waals surface area contributed by atoms with E-state index in [1.165, 1.54) is 33.6 Å². The van der Waals surface area contributed by atoms with Gasteiger partial charge in [0.05, 0.1) is 19.3 Å². The fourth-order valence-corrected chi connectivity index (χ4v) is 6.71. The normalized spacial score (nSPS) is 20.7. The Morgan fingerprint density at radius 3 is 2.66 bits per heavy atom. The Balaban J connectivity index is 1.67. The lowest BCUT2D eigenvalue weighted by Crippen LogP contribution is -2.66. The second kappa shape index (κ2) is 9.21. The number of amides is 1. The molecule has 198 valence electrons. The average molecular weight is 563 g/mol. The predicted molar refractivity (Wildman–Crippen MR) is 131 cm³/mol. The molecule has 1 saturated heterocycles. The molecule has 14 heteroatoms. The van der Waals surface area contributed by atoms with E-state index in [0.717, 1.165) is 22.6 Å². The zero-order chi connectivity index (χ0) is 26.8. The highest BCUT2D eigenvalue weighted by atomic mass is 32.2. The lowest BCUT2D eigenvalue weighted by molar-refractivity contribution is -0.0197. The first kappa shape index (κ1) is 25.1. The number of morpholine rings is 1. The second-order valence-electron chi connectivity index (χ2n) is 8.88. The van der Waals surface area contributed by atoms with Gasteiger partial charge < -0.3 is 14.2 Å². The van der Waals surface area contributed by atoms with Crippen molar-refractivity contribution in [2.24, 2.45) is 0 Å². The van der Waals surface area contributed by atoms with Crippen molar-refractivity contribution in [2.45, 2.75) is 22.9 Å². The van der Waals surface area contributed by atoms with Gasteiger partial charge in [0.2, 0.25) is 11.2 Å². The first-order chi connectivity index (χ1) is 18.2. The van der Waals surface area contributed by atoms with E-state index in [-0.39, 0.29) is 31.1 Å². The van der Waals surface area contributed by atoms with Crippen molar-refractivity contribution in [3.8, 4) is 5.75 Å². The summed E-state index contributed by atoms with van der Waals surface area (Å²) in [6.45, 7) is 0.359. The van der Waals surface area contributed by atoms with Crippen LogP contribution in [0.4, 0.5) is 8.78 Å². The Morgan fingerprint density at radius 2 is 1.87 bits per heavy atom. The highest BCUT2D eigenvalue weighted by Gasteiger charge is 2.47. The summed E-state index contributed by atoms with van der Waals surface area (Å²) in [6, 6.07) is 10.1. The largest absolute Gasteiger partial charge is 0.525 e.